The Bertz CT molecular complexity index is 1370. The van der Waals surface area contributed by atoms with Crippen molar-refractivity contribution in [2.24, 2.45) is 0 Å². The first-order valence-electron chi connectivity index (χ1n) is 11.5. The van der Waals surface area contributed by atoms with Crippen LogP contribution in [0.4, 0.5) is 5.69 Å². The third-order valence-corrected chi connectivity index (χ3v) is 6.99. The summed E-state index contributed by atoms with van der Waals surface area (Å²) in [6.07, 6.45) is 0.0572. The molecule has 0 radical (unpaired) electrons. The number of amides is 1. The van der Waals surface area contributed by atoms with Crippen molar-refractivity contribution < 1.29 is 32.2 Å². The SMILES string of the molecule is CCOC1OC(=O)CC1NS(=O)(=O)c1ccc(NC(C)=O)cc1O[C@H](C)Cn1cnc2ccccc21. The van der Waals surface area contributed by atoms with Crippen LogP contribution in [0, 0.1) is 0 Å². The first-order valence-corrected chi connectivity index (χ1v) is 13.0. The number of rotatable bonds is 10. The monoisotopic (exact) mass is 516 g/mol. The third kappa shape index (κ3) is 5.83. The van der Waals surface area contributed by atoms with E-state index < -0.39 is 34.4 Å². The highest BCUT2D eigenvalue weighted by Crippen LogP contribution is 2.30. The van der Waals surface area contributed by atoms with E-state index in [1.165, 1.54) is 25.1 Å². The number of anilines is 1. The van der Waals surface area contributed by atoms with Gasteiger partial charge in [-0.1, -0.05) is 12.1 Å². The fourth-order valence-electron chi connectivity index (χ4n) is 4.00. The van der Waals surface area contributed by atoms with Crippen LogP contribution in [0.5, 0.6) is 5.75 Å². The Morgan fingerprint density at radius 2 is 2.06 bits per heavy atom. The lowest BCUT2D eigenvalue weighted by atomic mass is 10.2. The Kier molecular flexibility index (Phi) is 7.57. The van der Waals surface area contributed by atoms with E-state index in [-0.39, 0.29) is 29.6 Å². The summed E-state index contributed by atoms with van der Waals surface area (Å²) in [4.78, 5) is 27.6. The molecule has 2 aromatic carbocycles. The number of para-hydroxylation sites is 2. The molecule has 1 saturated heterocycles. The molecule has 192 valence electrons. The van der Waals surface area contributed by atoms with Crippen LogP contribution in [0.2, 0.25) is 0 Å². The van der Waals surface area contributed by atoms with E-state index in [4.69, 9.17) is 14.2 Å². The molecule has 4 rings (SSSR count). The number of esters is 1. The molecule has 0 saturated carbocycles. The predicted molar refractivity (Wildman–Crippen MR) is 131 cm³/mol. The second kappa shape index (κ2) is 10.6. The summed E-state index contributed by atoms with van der Waals surface area (Å²) >= 11 is 0. The highest BCUT2D eigenvalue weighted by Gasteiger charge is 2.39. The van der Waals surface area contributed by atoms with Gasteiger partial charge < -0.3 is 24.1 Å². The summed E-state index contributed by atoms with van der Waals surface area (Å²) in [6.45, 7) is 5.52. The van der Waals surface area contributed by atoms with Gasteiger partial charge in [0.15, 0.2) is 0 Å². The molecule has 1 aliphatic heterocycles. The van der Waals surface area contributed by atoms with Crippen molar-refractivity contribution in [1.82, 2.24) is 14.3 Å². The summed E-state index contributed by atoms with van der Waals surface area (Å²) in [7, 11) is -4.16. The van der Waals surface area contributed by atoms with Crippen LogP contribution >= 0.6 is 0 Å². The van der Waals surface area contributed by atoms with Crippen molar-refractivity contribution in [3.05, 3.63) is 48.8 Å². The maximum atomic E-state index is 13.4. The molecule has 11 nitrogen and oxygen atoms in total. The molecule has 12 heteroatoms. The van der Waals surface area contributed by atoms with Crippen LogP contribution in [0.3, 0.4) is 0 Å². The van der Waals surface area contributed by atoms with Gasteiger partial charge in [-0.25, -0.2) is 18.1 Å². The van der Waals surface area contributed by atoms with E-state index in [0.29, 0.717) is 12.2 Å². The Labute approximate surface area is 208 Å². The molecule has 0 bridgehead atoms. The smallest absolute Gasteiger partial charge is 0.310 e. The average molecular weight is 517 g/mol. The molecule has 1 amide bonds. The minimum atomic E-state index is -4.16. The fourth-order valence-corrected chi connectivity index (χ4v) is 5.34. The Balaban J connectivity index is 1.60. The molecular weight excluding hydrogens is 488 g/mol. The summed E-state index contributed by atoms with van der Waals surface area (Å²) < 4.78 is 47.6. The molecule has 2 unspecified atom stereocenters. The van der Waals surface area contributed by atoms with Crippen molar-refractivity contribution in [1.29, 1.82) is 0 Å². The summed E-state index contributed by atoms with van der Waals surface area (Å²) in [6, 6.07) is 11.0. The maximum Gasteiger partial charge on any atom is 0.310 e. The number of carbonyl (C=O) groups is 2. The van der Waals surface area contributed by atoms with Gasteiger partial charge >= 0.3 is 5.97 Å². The van der Waals surface area contributed by atoms with Crippen LogP contribution in [0.15, 0.2) is 53.7 Å². The van der Waals surface area contributed by atoms with Crippen LogP contribution < -0.4 is 14.8 Å². The molecule has 2 heterocycles. The molecule has 0 aliphatic carbocycles. The molecule has 1 fully saturated rings. The number of imidazole rings is 1. The van der Waals surface area contributed by atoms with Crippen molar-refractivity contribution in [2.75, 3.05) is 11.9 Å². The van der Waals surface area contributed by atoms with Gasteiger partial charge in [0, 0.05) is 25.3 Å². The summed E-state index contributed by atoms with van der Waals surface area (Å²) in [5.74, 6) is -0.822. The molecule has 1 aliphatic rings. The fraction of sp³-hybridized carbons (Fsp3) is 0.375. The van der Waals surface area contributed by atoms with E-state index in [1.807, 2.05) is 28.8 Å². The van der Waals surface area contributed by atoms with Gasteiger partial charge in [0.25, 0.3) is 0 Å². The normalized spacial score (nSPS) is 18.7. The lowest BCUT2D eigenvalue weighted by Crippen LogP contribution is -2.41. The van der Waals surface area contributed by atoms with Gasteiger partial charge in [0.1, 0.15) is 16.7 Å². The topological polar surface area (TPSA) is 138 Å². The van der Waals surface area contributed by atoms with E-state index in [9.17, 15) is 18.0 Å². The molecule has 3 aromatic rings. The number of sulfonamides is 1. The van der Waals surface area contributed by atoms with E-state index in [0.717, 1.165) is 11.0 Å². The Morgan fingerprint density at radius 3 is 2.81 bits per heavy atom. The number of hydrogen-bond donors (Lipinski definition) is 2. The van der Waals surface area contributed by atoms with Crippen molar-refractivity contribution in [3.63, 3.8) is 0 Å². The number of hydrogen-bond acceptors (Lipinski definition) is 8. The van der Waals surface area contributed by atoms with Gasteiger partial charge in [-0.2, -0.15) is 0 Å². The largest absolute Gasteiger partial charge is 0.487 e. The number of aromatic nitrogens is 2. The zero-order chi connectivity index (χ0) is 25.9. The molecular formula is C24H28N4O7S. The van der Waals surface area contributed by atoms with Gasteiger partial charge in [-0.15, -0.1) is 0 Å². The zero-order valence-electron chi connectivity index (χ0n) is 20.1. The lowest BCUT2D eigenvalue weighted by Gasteiger charge is -2.22. The third-order valence-electron chi connectivity index (χ3n) is 5.46. The van der Waals surface area contributed by atoms with Crippen molar-refractivity contribution in [2.45, 2.75) is 57.1 Å². The average Bonchev–Trinajstić information content (AvgIpc) is 3.36. The van der Waals surface area contributed by atoms with Crippen LogP contribution in [0.25, 0.3) is 11.0 Å². The minimum absolute atomic E-state index is 0.0453. The van der Waals surface area contributed by atoms with Crippen LogP contribution in [-0.2, 0) is 35.6 Å². The molecule has 3 atom stereocenters. The van der Waals surface area contributed by atoms with Gasteiger partial charge in [-0.05, 0) is 38.1 Å². The highest BCUT2D eigenvalue weighted by molar-refractivity contribution is 7.89. The van der Waals surface area contributed by atoms with Gasteiger partial charge in [0.2, 0.25) is 22.2 Å². The van der Waals surface area contributed by atoms with Gasteiger partial charge in [-0.3, -0.25) is 9.59 Å². The molecule has 36 heavy (non-hydrogen) atoms. The predicted octanol–water partition coefficient (Wildman–Crippen LogP) is 2.42. The molecule has 0 spiro atoms. The van der Waals surface area contributed by atoms with Crippen LogP contribution in [-0.4, -0.2) is 54.9 Å². The van der Waals surface area contributed by atoms with Crippen molar-refractivity contribution in [3.8, 4) is 5.75 Å². The standard InChI is InChI=1S/C24H28N4O7S/c1-4-33-24-19(12-23(30)35-24)27-36(31,32)22-10-9-17(26-16(3)29)11-21(22)34-15(2)13-28-14-25-18-7-5-6-8-20(18)28/h5-11,14-15,19,24,27H,4,12-13H2,1-3H3,(H,26,29)/t15-,19?,24?/m1/s1. The number of nitrogens with one attached hydrogen (secondary N) is 2. The number of fused-ring (bicyclic) bond motifs is 1. The number of cyclic esters (lactones) is 1. The number of benzene rings is 2. The minimum Gasteiger partial charge on any atom is -0.487 e. The lowest BCUT2D eigenvalue weighted by molar-refractivity contribution is -0.163. The molecule has 1 aromatic heterocycles. The summed E-state index contributed by atoms with van der Waals surface area (Å²) in [5, 5.41) is 2.64. The quantitative estimate of drug-likeness (QED) is 0.392. The zero-order valence-corrected chi connectivity index (χ0v) is 20.9. The molecule has 2 N–H and O–H groups in total. The van der Waals surface area contributed by atoms with Crippen molar-refractivity contribution >= 4 is 38.6 Å². The van der Waals surface area contributed by atoms with E-state index >= 15 is 0 Å². The van der Waals surface area contributed by atoms with Gasteiger partial charge in [0.05, 0.1) is 36.4 Å². The van der Waals surface area contributed by atoms with Crippen LogP contribution in [0.1, 0.15) is 27.2 Å². The highest BCUT2D eigenvalue weighted by atomic mass is 32.2. The number of nitrogens with zero attached hydrogens (tertiary/aromatic N) is 2. The maximum absolute atomic E-state index is 13.4. The first-order chi connectivity index (χ1) is 17.2. The number of carbonyl (C=O) groups excluding carboxylic acids is 2. The summed E-state index contributed by atoms with van der Waals surface area (Å²) in [5.41, 5.74) is 2.13. The second-order valence-electron chi connectivity index (χ2n) is 8.40. The van der Waals surface area contributed by atoms with E-state index in [2.05, 4.69) is 15.0 Å². The number of ether oxygens (including phenoxy) is 3. The Morgan fingerprint density at radius 1 is 1.28 bits per heavy atom. The van der Waals surface area contributed by atoms with E-state index in [1.54, 1.807) is 20.2 Å². The second-order valence-corrected chi connectivity index (χ2v) is 10.1. The Hall–Kier alpha value is -3.48. The first kappa shape index (κ1) is 25.6.